The van der Waals surface area contributed by atoms with E-state index < -0.39 is 11.6 Å². The van der Waals surface area contributed by atoms with Gasteiger partial charge in [0, 0.05) is 26.2 Å². The highest BCUT2D eigenvalue weighted by atomic mass is 35.5. The Balaban J connectivity index is 0.00000162. The summed E-state index contributed by atoms with van der Waals surface area (Å²) in [6, 6.07) is 3.46. The predicted octanol–water partition coefficient (Wildman–Crippen LogP) is 1.36. The van der Waals surface area contributed by atoms with E-state index in [1.165, 1.54) is 6.07 Å². The number of halogens is 3. The molecule has 1 aliphatic rings. The first-order valence-electron chi connectivity index (χ1n) is 5.48. The van der Waals surface area contributed by atoms with Gasteiger partial charge in [0.2, 0.25) is 5.91 Å². The summed E-state index contributed by atoms with van der Waals surface area (Å²) in [5.74, 6) is -1.45. The number of hydrogen-bond donors (Lipinski definition) is 1. The van der Waals surface area contributed by atoms with Crippen LogP contribution < -0.4 is 5.32 Å². The number of amides is 1. The van der Waals surface area contributed by atoms with Crippen LogP contribution in [0.5, 0.6) is 0 Å². The molecule has 18 heavy (non-hydrogen) atoms. The molecular weight excluding hydrogens is 262 g/mol. The average molecular weight is 277 g/mol. The van der Waals surface area contributed by atoms with Crippen molar-refractivity contribution in [2.75, 3.05) is 20.1 Å². The molecule has 0 bridgehead atoms. The van der Waals surface area contributed by atoms with Crippen LogP contribution in [0.25, 0.3) is 0 Å². The second-order valence-corrected chi connectivity index (χ2v) is 4.23. The zero-order chi connectivity index (χ0) is 12.4. The van der Waals surface area contributed by atoms with E-state index in [0.29, 0.717) is 0 Å². The molecule has 1 heterocycles. The molecule has 1 saturated heterocycles. The molecule has 1 amide bonds. The van der Waals surface area contributed by atoms with E-state index in [9.17, 15) is 13.6 Å². The van der Waals surface area contributed by atoms with Crippen molar-refractivity contribution >= 4 is 18.3 Å². The van der Waals surface area contributed by atoms with Crippen molar-refractivity contribution in [3.05, 3.63) is 35.4 Å². The van der Waals surface area contributed by atoms with Crippen molar-refractivity contribution in [1.82, 2.24) is 10.2 Å². The van der Waals surface area contributed by atoms with Gasteiger partial charge in [-0.1, -0.05) is 6.07 Å². The molecule has 0 spiro atoms. The molecule has 0 saturated carbocycles. The van der Waals surface area contributed by atoms with E-state index in [1.54, 1.807) is 11.9 Å². The highest BCUT2D eigenvalue weighted by Gasteiger charge is 2.25. The van der Waals surface area contributed by atoms with E-state index >= 15 is 0 Å². The Morgan fingerprint density at radius 3 is 2.61 bits per heavy atom. The number of likely N-dealkylation sites (N-methyl/N-ethyl adjacent to an activating group) is 1. The molecule has 1 aliphatic heterocycles. The summed E-state index contributed by atoms with van der Waals surface area (Å²) >= 11 is 0. The first-order chi connectivity index (χ1) is 8.08. The third kappa shape index (κ3) is 3.17. The first-order valence-corrected chi connectivity index (χ1v) is 5.48. The largest absolute Gasteiger partial charge is 0.340 e. The number of rotatable bonds is 3. The Kier molecular flexibility index (Phi) is 5.04. The van der Waals surface area contributed by atoms with Gasteiger partial charge in [0.1, 0.15) is 11.6 Å². The monoisotopic (exact) mass is 276 g/mol. The second-order valence-electron chi connectivity index (χ2n) is 4.23. The van der Waals surface area contributed by atoms with Gasteiger partial charge in [-0.3, -0.25) is 4.79 Å². The normalized spacial score (nSPS) is 14.6. The lowest BCUT2D eigenvalue weighted by Crippen LogP contribution is -2.57. The first kappa shape index (κ1) is 14.9. The molecule has 6 heteroatoms. The molecule has 1 fully saturated rings. The second kappa shape index (κ2) is 6.11. The van der Waals surface area contributed by atoms with E-state index in [-0.39, 0.29) is 36.3 Å². The van der Waals surface area contributed by atoms with Crippen molar-refractivity contribution < 1.29 is 13.6 Å². The van der Waals surface area contributed by atoms with Crippen LogP contribution in [0.2, 0.25) is 0 Å². The SMILES string of the molecule is CN(C(=O)Cc1ccc(F)cc1F)C1CNC1.Cl. The van der Waals surface area contributed by atoms with Crippen LogP contribution in [0.15, 0.2) is 18.2 Å². The molecule has 1 aromatic carbocycles. The summed E-state index contributed by atoms with van der Waals surface area (Å²) in [5, 5.41) is 3.06. The number of carbonyl (C=O) groups excluding carboxylic acids is 1. The number of nitrogens with zero attached hydrogens (tertiary/aromatic N) is 1. The van der Waals surface area contributed by atoms with E-state index in [0.717, 1.165) is 25.2 Å². The Labute approximate surface area is 111 Å². The predicted molar refractivity (Wildman–Crippen MR) is 66.7 cm³/mol. The fraction of sp³-hybridized carbons (Fsp3) is 0.417. The zero-order valence-corrected chi connectivity index (χ0v) is 10.8. The van der Waals surface area contributed by atoms with Crippen LogP contribution in [-0.2, 0) is 11.2 Å². The number of carbonyl (C=O) groups is 1. The van der Waals surface area contributed by atoms with E-state index in [1.807, 2.05) is 0 Å². The van der Waals surface area contributed by atoms with Gasteiger partial charge in [0.05, 0.1) is 12.5 Å². The lowest BCUT2D eigenvalue weighted by atomic mass is 10.1. The van der Waals surface area contributed by atoms with Gasteiger partial charge in [-0.25, -0.2) is 8.78 Å². The molecule has 0 radical (unpaired) electrons. The highest BCUT2D eigenvalue weighted by molar-refractivity contribution is 5.85. The molecule has 3 nitrogen and oxygen atoms in total. The standard InChI is InChI=1S/C12H14F2N2O.ClH/c1-16(10-6-15-7-10)12(17)4-8-2-3-9(13)5-11(8)14;/h2-3,5,10,15H,4,6-7H2,1H3;1H. The molecule has 1 aromatic rings. The van der Waals surface area contributed by atoms with Gasteiger partial charge < -0.3 is 10.2 Å². The van der Waals surface area contributed by atoms with Gasteiger partial charge in [-0.2, -0.15) is 0 Å². The van der Waals surface area contributed by atoms with Crippen LogP contribution in [0.4, 0.5) is 8.78 Å². The van der Waals surface area contributed by atoms with E-state index in [2.05, 4.69) is 5.32 Å². The van der Waals surface area contributed by atoms with Gasteiger partial charge in [0.15, 0.2) is 0 Å². The summed E-state index contributed by atoms with van der Waals surface area (Å²) in [4.78, 5) is 13.4. The lowest BCUT2D eigenvalue weighted by molar-refractivity contribution is -0.132. The van der Waals surface area contributed by atoms with Crippen LogP contribution in [0.3, 0.4) is 0 Å². The average Bonchev–Trinajstić information content (AvgIpc) is 2.19. The maximum Gasteiger partial charge on any atom is 0.227 e. The summed E-state index contributed by atoms with van der Waals surface area (Å²) in [7, 11) is 1.70. The van der Waals surface area contributed by atoms with Gasteiger partial charge in [-0.15, -0.1) is 12.4 Å². The maximum absolute atomic E-state index is 13.3. The molecule has 0 atom stereocenters. The topological polar surface area (TPSA) is 32.3 Å². The Hall–Kier alpha value is -1.20. The third-order valence-electron chi connectivity index (χ3n) is 3.06. The minimum absolute atomic E-state index is 0. The van der Waals surface area contributed by atoms with E-state index in [4.69, 9.17) is 0 Å². The van der Waals surface area contributed by atoms with Crippen LogP contribution in [0, 0.1) is 11.6 Å². The number of nitrogens with one attached hydrogen (secondary N) is 1. The lowest BCUT2D eigenvalue weighted by Gasteiger charge is -2.35. The van der Waals surface area contributed by atoms with Crippen LogP contribution in [0.1, 0.15) is 5.56 Å². The molecule has 0 aliphatic carbocycles. The summed E-state index contributed by atoms with van der Waals surface area (Å²) in [6.07, 6.45) is -0.0287. The fourth-order valence-electron chi connectivity index (χ4n) is 1.70. The highest BCUT2D eigenvalue weighted by Crippen LogP contribution is 2.12. The number of hydrogen-bond acceptors (Lipinski definition) is 2. The Bertz CT molecular complexity index is 438. The van der Waals surface area contributed by atoms with Crippen LogP contribution in [-0.4, -0.2) is 37.0 Å². The number of benzene rings is 1. The summed E-state index contributed by atoms with van der Waals surface area (Å²) in [5.41, 5.74) is 0.232. The zero-order valence-electron chi connectivity index (χ0n) is 9.95. The Morgan fingerprint density at radius 2 is 2.11 bits per heavy atom. The maximum atomic E-state index is 13.3. The molecule has 1 N–H and O–H groups in total. The summed E-state index contributed by atoms with van der Waals surface area (Å²) in [6.45, 7) is 1.54. The minimum atomic E-state index is -0.668. The Morgan fingerprint density at radius 1 is 1.44 bits per heavy atom. The van der Waals surface area contributed by atoms with Gasteiger partial charge >= 0.3 is 0 Å². The van der Waals surface area contributed by atoms with Crippen molar-refractivity contribution in [1.29, 1.82) is 0 Å². The van der Waals surface area contributed by atoms with Gasteiger partial charge in [0.25, 0.3) is 0 Å². The molecule has 100 valence electrons. The smallest absolute Gasteiger partial charge is 0.227 e. The summed E-state index contributed by atoms with van der Waals surface area (Å²) < 4.78 is 26.0. The minimum Gasteiger partial charge on any atom is -0.340 e. The molecule has 0 unspecified atom stereocenters. The molecule has 0 aromatic heterocycles. The van der Waals surface area contributed by atoms with Crippen molar-refractivity contribution in [2.45, 2.75) is 12.5 Å². The third-order valence-corrected chi connectivity index (χ3v) is 3.06. The van der Waals surface area contributed by atoms with Crippen molar-refractivity contribution in [2.24, 2.45) is 0 Å². The van der Waals surface area contributed by atoms with Crippen molar-refractivity contribution in [3.8, 4) is 0 Å². The van der Waals surface area contributed by atoms with Crippen LogP contribution >= 0.6 is 12.4 Å². The fourth-order valence-corrected chi connectivity index (χ4v) is 1.70. The quantitative estimate of drug-likeness (QED) is 0.904. The van der Waals surface area contributed by atoms with Gasteiger partial charge in [-0.05, 0) is 11.6 Å². The van der Waals surface area contributed by atoms with Crippen molar-refractivity contribution in [3.63, 3.8) is 0 Å². The molecular formula is C12H15ClF2N2O. The molecule has 2 rings (SSSR count).